The average Bonchev–Trinajstić information content (AvgIpc) is 3.14. The van der Waals surface area contributed by atoms with Gasteiger partial charge in [0.2, 0.25) is 5.09 Å². The zero-order chi connectivity index (χ0) is 19.0. The molecule has 2 aromatic heterocycles. The minimum Gasteiger partial charge on any atom is -0.438 e. The van der Waals surface area contributed by atoms with E-state index in [-0.39, 0.29) is 16.7 Å². The molecule has 27 heavy (non-hydrogen) atoms. The predicted molar refractivity (Wildman–Crippen MR) is 100 cm³/mol. The van der Waals surface area contributed by atoms with Crippen molar-refractivity contribution in [3.63, 3.8) is 0 Å². The van der Waals surface area contributed by atoms with Gasteiger partial charge in [0, 0.05) is 16.0 Å². The summed E-state index contributed by atoms with van der Waals surface area (Å²) in [5, 5.41) is 9.31. The summed E-state index contributed by atoms with van der Waals surface area (Å²) < 4.78 is 28.6. The van der Waals surface area contributed by atoms with Crippen molar-refractivity contribution in [3.05, 3.63) is 46.1 Å². The summed E-state index contributed by atoms with van der Waals surface area (Å²) >= 11 is 7.69. The first kappa shape index (κ1) is 17.2. The fourth-order valence-corrected chi connectivity index (χ4v) is 6.06. The number of carbonyl (C=O) groups is 1. The summed E-state index contributed by atoms with van der Waals surface area (Å²) in [7, 11) is -3.97. The zero-order valence-electron chi connectivity index (χ0n) is 13.9. The van der Waals surface area contributed by atoms with Crippen molar-refractivity contribution in [1.29, 1.82) is 0 Å². The maximum absolute atomic E-state index is 12.4. The highest BCUT2D eigenvalue weighted by atomic mass is 35.5. The molecule has 6 rings (SSSR count). The number of thiazole rings is 1. The standard InChI is InChI=1S/C17H14ClN3O4S2/c18-9-1-2-10-12(5-9)26-15(20-10)16-6-17(7-16,8-16)21-14(22)11-3-4-13(25-11)27(19,23)24/h1-5H,6-8H2,(H,21,22)(H2,19,23,24). The number of nitrogens with zero attached hydrogens (tertiary/aromatic N) is 1. The van der Waals surface area contributed by atoms with Gasteiger partial charge in [0.15, 0.2) is 5.76 Å². The maximum atomic E-state index is 12.4. The molecule has 0 spiro atoms. The molecule has 0 radical (unpaired) electrons. The van der Waals surface area contributed by atoms with Crippen LogP contribution in [0.5, 0.6) is 0 Å². The van der Waals surface area contributed by atoms with Crippen LogP contribution in [0.25, 0.3) is 10.2 Å². The number of benzene rings is 1. The van der Waals surface area contributed by atoms with Gasteiger partial charge in [-0.15, -0.1) is 11.3 Å². The fourth-order valence-electron chi connectivity index (χ4n) is 4.17. The Morgan fingerprint density at radius 2 is 2.00 bits per heavy atom. The van der Waals surface area contributed by atoms with Gasteiger partial charge >= 0.3 is 0 Å². The minimum absolute atomic E-state index is 0.0123. The van der Waals surface area contributed by atoms with Gasteiger partial charge < -0.3 is 9.73 Å². The highest BCUT2D eigenvalue weighted by Crippen LogP contribution is 2.68. The van der Waals surface area contributed by atoms with Crippen LogP contribution in [0, 0.1) is 0 Å². The van der Waals surface area contributed by atoms with Gasteiger partial charge in [0.1, 0.15) is 5.01 Å². The largest absolute Gasteiger partial charge is 0.438 e. The number of primary sulfonamides is 1. The Balaban J connectivity index is 1.30. The zero-order valence-corrected chi connectivity index (χ0v) is 16.2. The van der Waals surface area contributed by atoms with Gasteiger partial charge in [-0.25, -0.2) is 18.5 Å². The Morgan fingerprint density at radius 3 is 2.67 bits per heavy atom. The average molecular weight is 424 g/mol. The Kier molecular flexibility index (Phi) is 3.38. The molecule has 3 aromatic rings. The molecule has 0 saturated heterocycles. The van der Waals surface area contributed by atoms with Crippen molar-refractivity contribution < 1.29 is 17.6 Å². The lowest BCUT2D eigenvalue weighted by Gasteiger charge is -2.69. The number of furan rings is 1. The third kappa shape index (κ3) is 2.60. The number of nitrogens with one attached hydrogen (secondary N) is 1. The molecular formula is C17H14ClN3O4S2. The topological polar surface area (TPSA) is 115 Å². The van der Waals surface area contributed by atoms with Crippen molar-refractivity contribution >= 4 is 49.1 Å². The first-order chi connectivity index (χ1) is 12.7. The molecule has 2 bridgehead atoms. The number of amides is 1. The van der Waals surface area contributed by atoms with Crippen molar-refractivity contribution in [2.45, 2.75) is 35.3 Å². The Morgan fingerprint density at radius 1 is 1.26 bits per heavy atom. The van der Waals surface area contributed by atoms with Crippen molar-refractivity contribution in [2.24, 2.45) is 5.14 Å². The first-order valence-electron chi connectivity index (χ1n) is 8.20. The molecule has 140 valence electrons. The number of aromatic nitrogens is 1. The van der Waals surface area contributed by atoms with Crippen LogP contribution < -0.4 is 10.5 Å². The van der Waals surface area contributed by atoms with E-state index >= 15 is 0 Å². The van der Waals surface area contributed by atoms with Crippen molar-refractivity contribution in [3.8, 4) is 0 Å². The molecule has 2 heterocycles. The first-order valence-corrected chi connectivity index (χ1v) is 10.9. The summed E-state index contributed by atoms with van der Waals surface area (Å²) in [4.78, 5) is 17.1. The fraction of sp³-hybridized carbons (Fsp3) is 0.294. The van der Waals surface area contributed by atoms with Gasteiger partial charge in [-0.05, 0) is 49.6 Å². The number of sulfonamides is 1. The molecule has 3 fully saturated rings. The molecule has 1 amide bonds. The van der Waals surface area contributed by atoms with Gasteiger partial charge in [-0.1, -0.05) is 11.6 Å². The van der Waals surface area contributed by atoms with E-state index in [0.29, 0.717) is 5.02 Å². The monoisotopic (exact) mass is 423 g/mol. The Labute approximate surface area is 163 Å². The molecule has 1 aromatic carbocycles. The molecule has 3 aliphatic carbocycles. The van der Waals surface area contributed by atoms with Gasteiger partial charge in [0.25, 0.3) is 15.9 Å². The second-order valence-electron chi connectivity index (χ2n) is 7.34. The second-order valence-corrected chi connectivity index (χ2v) is 10.3. The molecule has 0 aliphatic heterocycles. The lowest BCUT2D eigenvalue weighted by atomic mass is 9.39. The van der Waals surface area contributed by atoms with Gasteiger partial charge in [0.05, 0.1) is 10.2 Å². The molecule has 3 N–H and O–H groups in total. The van der Waals surface area contributed by atoms with Crippen molar-refractivity contribution in [1.82, 2.24) is 10.3 Å². The lowest BCUT2D eigenvalue weighted by molar-refractivity contribution is -0.0811. The lowest BCUT2D eigenvalue weighted by Crippen LogP contribution is -2.76. The minimum atomic E-state index is -3.97. The molecule has 3 saturated carbocycles. The third-order valence-corrected chi connectivity index (χ3v) is 7.58. The van der Waals surface area contributed by atoms with Crippen LogP contribution in [0.3, 0.4) is 0 Å². The normalized spacial score (nSPS) is 26.4. The summed E-state index contributed by atoms with van der Waals surface area (Å²) in [6.45, 7) is 0. The summed E-state index contributed by atoms with van der Waals surface area (Å²) in [5.41, 5.74) is 0.674. The molecule has 0 atom stereocenters. The van der Waals surface area contributed by atoms with Gasteiger partial charge in [-0.3, -0.25) is 4.79 Å². The molecular weight excluding hydrogens is 410 g/mol. The smallest absolute Gasteiger partial charge is 0.287 e. The predicted octanol–water partition coefficient (Wildman–Crippen LogP) is 2.79. The number of halogens is 1. The Hall–Kier alpha value is -1.94. The van der Waals surface area contributed by atoms with Crippen LogP contribution >= 0.6 is 22.9 Å². The van der Waals surface area contributed by atoms with E-state index in [0.717, 1.165) is 34.5 Å². The summed E-state index contributed by atoms with van der Waals surface area (Å²) in [6, 6.07) is 8.16. The van der Waals surface area contributed by atoms with Crippen LogP contribution in [0.4, 0.5) is 0 Å². The van der Waals surface area contributed by atoms with E-state index in [4.69, 9.17) is 26.1 Å². The summed E-state index contributed by atoms with van der Waals surface area (Å²) in [5.74, 6) is -0.498. The van der Waals surface area contributed by atoms with E-state index in [2.05, 4.69) is 5.32 Å². The number of hydrogen-bond acceptors (Lipinski definition) is 6. The van der Waals surface area contributed by atoms with Crippen LogP contribution in [0.2, 0.25) is 5.02 Å². The van der Waals surface area contributed by atoms with E-state index in [1.165, 1.54) is 12.1 Å². The van der Waals surface area contributed by atoms with Crippen molar-refractivity contribution in [2.75, 3.05) is 0 Å². The van der Waals surface area contributed by atoms with Crippen LogP contribution in [0.1, 0.15) is 34.8 Å². The number of hydrogen-bond donors (Lipinski definition) is 2. The highest BCUT2D eigenvalue weighted by molar-refractivity contribution is 7.89. The number of carbonyl (C=O) groups excluding carboxylic acids is 1. The van der Waals surface area contributed by atoms with E-state index < -0.39 is 21.0 Å². The van der Waals surface area contributed by atoms with E-state index in [1.54, 1.807) is 11.3 Å². The molecule has 10 heteroatoms. The van der Waals surface area contributed by atoms with Crippen LogP contribution in [-0.4, -0.2) is 24.8 Å². The third-order valence-electron chi connectivity index (χ3n) is 5.30. The quantitative estimate of drug-likeness (QED) is 0.669. The molecule has 3 aliphatic rings. The molecule has 7 nitrogen and oxygen atoms in total. The number of rotatable bonds is 4. The van der Waals surface area contributed by atoms with E-state index in [1.807, 2.05) is 18.2 Å². The van der Waals surface area contributed by atoms with E-state index in [9.17, 15) is 13.2 Å². The maximum Gasteiger partial charge on any atom is 0.287 e. The van der Waals surface area contributed by atoms with Crippen LogP contribution in [-0.2, 0) is 15.4 Å². The van der Waals surface area contributed by atoms with Crippen LogP contribution in [0.15, 0.2) is 39.8 Å². The van der Waals surface area contributed by atoms with Gasteiger partial charge in [-0.2, -0.15) is 0 Å². The summed E-state index contributed by atoms with van der Waals surface area (Å²) in [6.07, 6.45) is 2.42. The number of fused-ring (bicyclic) bond motifs is 1. The highest BCUT2D eigenvalue weighted by Gasteiger charge is 2.70. The number of nitrogens with two attached hydrogens (primary N) is 1. The Bertz CT molecular complexity index is 1190. The second kappa shape index (κ2) is 5.32. The SMILES string of the molecule is NS(=O)(=O)c1ccc(C(=O)NC23CC(c4nc5ccc(Cl)cc5s4)(C2)C3)o1. The molecule has 0 unspecified atom stereocenters.